The Kier molecular flexibility index (Phi) is 7.91. The van der Waals surface area contributed by atoms with Gasteiger partial charge >= 0.3 is 6.03 Å². The first-order valence-electron chi connectivity index (χ1n) is 12.9. The van der Waals surface area contributed by atoms with Crippen molar-refractivity contribution in [1.82, 2.24) is 19.4 Å². The molecule has 0 atom stereocenters. The highest BCUT2D eigenvalue weighted by molar-refractivity contribution is 7.10. The Morgan fingerprint density at radius 1 is 0.778 bits per heavy atom. The minimum atomic E-state index is -0.171. The van der Waals surface area contributed by atoms with Crippen molar-refractivity contribution < 1.29 is 9.59 Å². The Labute approximate surface area is 216 Å². The Morgan fingerprint density at radius 2 is 1.28 bits per heavy atom. The molecule has 0 radical (unpaired) electrons. The third kappa shape index (κ3) is 6.10. The molecule has 0 saturated carbocycles. The van der Waals surface area contributed by atoms with Crippen molar-refractivity contribution in [3.8, 4) is 0 Å². The largest absolute Gasteiger partial charge is 0.337 e. The quantitative estimate of drug-likeness (QED) is 0.506. The molecule has 0 unspecified atom stereocenters. The number of piperidine rings is 2. The lowest BCUT2D eigenvalue weighted by molar-refractivity contribution is 0.0685. The highest BCUT2D eigenvalue weighted by atomic mass is 32.1. The first-order chi connectivity index (χ1) is 17.7. The zero-order valence-electron chi connectivity index (χ0n) is 20.5. The molecule has 2 aliphatic heterocycles. The second-order valence-corrected chi connectivity index (χ2v) is 10.7. The summed E-state index contributed by atoms with van der Waals surface area (Å²) >= 11 is 1.07. The smallest absolute Gasteiger partial charge is 0.322 e. The van der Waals surface area contributed by atoms with Crippen LogP contribution in [-0.4, -0.2) is 57.5 Å². The summed E-state index contributed by atoms with van der Waals surface area (Å²) < 4.78 is 3.98. The second-order valence-electron chi connectivity index (χ2n) is 9.93. The lowest BCUT2D eigenvalue weighted by Gasteiger charge is -2.32. The molecule has 2 aliphatic rings. The van der Waals surface area contributed by atoms with E-state index >= 15 is 0 Å². The predicted molar refractivity (Wildman–Crippen MR) is 142 cm³/mol. The summed E-state index contributed by atoms with van der Waals surface area (Å²) in [5, 5.41) is 7.45. The molecule has 3 aromatic rings. The van der Waals surface area contributed by atoms with E-state index in [4.69, 9.17) is 0 Å². The molecule has 3 amide bonds. The highest BCUT2D eigenvalue weighted by Gasteiger charge is 2.29. The second kappa shape index (κ2) is 11.6. The molecular formula is C28H33N5O2S. The highest BCUT2D eigenvalue weighted by Crippen LogP contribution is 2.27. The normalized spacial score (nSPS) is 17.2. The van der Waals surface area contributed by atoms with Crippen molar-refractivity contribution in [3.63, 3.8) is 0 Å². The van der Waals surface area contributed by atoms with Crippen molar-refractivity contribution in [2.45, 2.75) is 38.5 Å². The average Bonchev–Trinajstić information content (AvgIpc) is 3.38. The number of nitrogens with zero attached hydrogens (tertiary/aromatic N) is 4. The molecule has 2 saturated heterocycles. The third-order valence-electron chi connectivity index (χ3n) is 7.45. The zero-order valence-corrected chi connectivity index (χ0v) is 21.3. The number of benzene rings is 2. The van der Waals surface area contributed by atoms with Crippen LogP contribution in [0.2, 0.25) is 0 Å². The maximum Gasteiger partial charge on any atom is 0.322 e. The monoisotopic (exact) mass is 503 g/mol. The molecule has 1 N–H and O–H groups in total. The van der Waals surface area contributed by atoms with Gasteiger partial charge in [0.05, 0.1) is 0 Å². The topological polar surface area (TPSA) is 78.4 Å². The Morgan fingerprint density at radius 3 is 1.81 bits per heavy atom. The summed E-state index contributed by atoms with van der Waals surface area (Å²) in [4.78, 5) is 29.8. The van der Waals surface area contributed by atoms with Gasteiger partial charge in [0.15, 0.2) is 10.7 Å². The van der Waals surface area contributed by atoms with Crippen LogP contribution in [0.15, 0.2) is 60.7 Å². The van der Waals surface area contributed by atoms with E-state index in [2.05, 4.69) is 63.4 Å². The van der Waals surface area contributed by atoms with Crippen molar-refractivity contribution in [1.29, 1.82) is 0 Å². The first kappa shape index (κ1) is 24.4. The van der Waals surface area contributed by atoms with Crippen LogP contribution in [0.3, 0.4) is 0 Å². The van der Waals surface area contributed by atoms with E-state index in [9.17, 15) is 9.59 Å². The maximum absolute atomic E-state index is 13.2. The fourth-order valence-electron chi connectivity index (χ4n) is 5.31. The molecule has 0 aliphatic carbocycles. The van der Waals surface area contributed by atoms with Gasteiger partial charge in [-0.15, -0.1) is 5.10 Å². The fraction of sp³-hybridized carbons (Fsp3) is 0.429. The van der Waals surface area contributed by atoms with Crippen LogP contribution in [-0.2, 0) is 12.8 Å². The number of carbonyl (C=O) groups is 2. The molecule has 5 rings (SSSR count). The first-order valence-corrected chi connectivity index (χ1v) is 13.7. The number of anilines is 1. The van der Waals surface area contributed by atoms with Crippen molar-refractivity contribution in [3.05, 3.63) is 77.5 Å². The number of hydrogen-bond acceptors (Lipinski definition) is 5. The van der Waals surface area contributed by atoms with Gasteiger partial charge in [0.1, 0.15) is 0 Å². The zero-order chi connectivity index (χ0) is 24.7. The SMILES string of the molecule is O=C(Nc1snnc1C(=O)N1CCC(Cc2ccccc2)CC1)N1CCC(Cc2ccccc2)CC1. The van der Waals surface area contributed by atoms with Gasteiger partial charge in [0.2, 0.25) is 0 Å². The molecule has 8 heteroatoms. The van der Waals surface area contributed by atoms with E-state index in [1.165, 1.54) is 11.1 Å². The van der Waals surface area contributed by atoms with Gasteiger partial charge < -0.3 is 9.80 Å². The number of urea groups is 1. The lowest BCUT2D eigenvalue weighted by Crippen LogP contribution is -2.42. The van der Waals surface area contributed by atoms with Gasteiger partial charge in [-0.3, -0.25) is 10.1 Å². The van der Waals surface area contributed by atoms with E-state index in [1.807, 2.05) is 21.9 Å². The van der Waals surface area contributed by atoms with E-state index in [1.54, 1.807) is 0 Å². The number of nitrogens with one attached hydrogen (secondary N) is 1. The molecule has 188 valence electrons. The van der Waals surface area contributed by atoms with Crippen LogP contribution in [0.25, 0.3) is 0 Å². The van der Waals surface area contributed by atoms with Crippen molar-refractivity contribution in [2.24, 2.45) is 11.8 Å². The summed E-state index contributed by atoms with van der Waals surface area (Å²) in [5.41, 5.74) is 2.96. The number of carbonyl (C=O) groups excluding carboxylic acids is 2. The molecule has 2 fully saturated rings. The van der Waals surface area contributed by atoms with Gasteiger partial charge in [-0.05, 0) is 61.5 Å². The van der Waals surface area contributed by atoms with Crippen molar-refractivity contribution >= 4 is 28.5 Å². The predicted octanol–water partition coefficient (Wildman–Crippen LogP) is 5.12. The summed E-state index contributed by atoms with van der Waals surface area (Å²) in [6.45, 7) is 2.84. The number of rotatable bonds is 6. The minimum Gasteiger partial charge on any atom is -0.337 e. The van der Waals surface area contributed by atoms with E-state index in [0.717, 1.165) is 50.1 Å². The Hall–Kier alpha value is -3.26. The van der Waals surface area contributed by atoms with Crippen LogP contribution in [0.4, 0.5) is 9.80 Å². The molecule has 0 bridgehead atoms. The number of likely N-dealkylation sites (tertiary alicyclic amines) is 2. The van der Waals surface area contributed by atoms with Gasteiger partial charge in [-0.2, -0.15) is 0 Å². The van der Waals surface area contributed by atoms with E-state index in [-0.39, 0.29) is 17.6 Å². The fourth-order valence-corrected chi connectivity index (χ4v) is 5.87. The number of amides is 3. The van der Waals surface area contributed by atoms with Gasteiger partial charge in [0, 0.05) is 37.7 Å². The summed E-state index contributed by atoms with van der Waals surface area (Å²) in [6, 6.07) is 20.9. The standard InChI is InChI=1S/C28H33N5O2S/c34-27(32-15-11-23(12-16-32)19-21-7-3-1-4-8-21)25-26(36-31-30-25)29-28(35)33-17-13-24(14-18-33)20-22-9-5-2-6-10-22/h1-10,23-24H,11-20H2,(H,29,35). The van der Waals surface area contributed by atoms with Gasteiger partial charge in [-0.25, -0.2) is 4.79 Å². The molecule has 7 nitrogen and oxygen atoms in total. The van der Waals surface area contributed by atoms with Gasteiger partial charge in [0.25, 0.3) is 5.91 Å². The maximum atomic E-state index is 13.2. The van der Waals surface area contributed by atoms with Crippen LogP contribution in [0.5, 0.6) is 0 Å². The summed E-state index contributed by atoms with van der Waals surface area (Å²) in [6.07, 6.45) is 6.00. The van der Waals surface area contributed by atoms with Crippen LogP contribution in [0.1, 0.15) is 47.3 Å². The molecular weight excluding hydrogens is 470 g/mol. The lowest BCUT2D eigenvalue weighted by atomic mass is 9.90. The van der Waals surface area contributed by atoms with Gasteiger partial charge in [-0.1, -0.05) is 65.2 Å². The molecule has 2 aromatic carbocycles. The van der Waals surface area contributed by atoms with Crippen LogP contribution >= 0.6 is 11.5 Å². The summed E-state index contributed by atoms with van der Waals surface area (Å²) in [7, 11) is 0. The summed E-state index contributed by atoms with van der Waals surface area (Å²) in [5.74, 6) is 1.02. The molecule has 1 aromatic heterocycles. The average molecular weight is 504 g/mol. The molecule has 0 spiro atoms. The number of hydrogen-bond donors (Lipinski definition) is 1. The third-order valence-corrected chi connectivity index (χ3v) is 8.09. The van der Waals surface area contributed by atoms with E-state index < -0.39 is 0 Å². The van der Waals surface area contributed by atoms with Crippen molar-refractivity contribution in [2.75, 3.05) is 31.5 Å². The number of aromatic nitrogens is 2. The molecule has 36 heavy (non-hydrogen) atoms. The van der Waals surface area contributed by atoms with Crippen LogP contribution in [0, 0.1) is 11.8 Å². The Bertz CT molecular complexity index is 1140. The van der Waals surface area contributed by atoms with Crippen LogP contribution < -0.4 is 5.32 Å². The Balaban J connectivity index is 1.10. The van der Waals surface area contributed by atoms with E-state index in [0.29, 0.717) is 43.0 Å². The minimum absolute atomic E-state index is 0.140. The molecule has 3 heterocycles.